The molecule has 1 rings (SSSR count). The van der Waals surface area contributed by atoms with Crippen LogP contribution >= 0.6 is 0 Å². The van der Waals surface area contributed by atoms with Gasteiger partial charge in [-0.25, -0.2) is 0 Å². The molecule has 0 amide bonds. The fourth-order valence-corrected chi connectivity index (χ4v) is 3.20. The number of hydrogen-bond donors (Lipinski definition) is 0. The Balaban J connectivity index is 2.92. The van der Waals surface area contributed by atoms with Crippen LogP contribution in [0.1, 0.15) is 34.6 Å². The zero-order valence-corrected chi connectivity index (χ0v) is 9.78. The van der Waals surface area contributed by atoms with Crippen molar-refractivity contribution >= 4 is 9.52 Å². The van der Waals surface area contributed by atoms with Crippen molar-refractivity contribution in [1.29, 1.82) is 0 Å². The highest BCUT2D eigenvalue weighted by Gasteiger charge is 2.22. The molecule has 0 aromatic rings. The van der Waals surface area contributed by atoms with E-state index in [1.165, 1.54) is 6.04 Å². The number of allylic oxidation sites excluding steroid dienone is 4. The molecule has 0 heterocycles. The molecular formula is C11H18Si. The average Bonchev–Trinajstić information content (AvgIpc) is 2.23. The van der Waals surface area contributed by atoms with Crippen LogP contribution in [-0.2, 0) is 0 Å². The van der Waals surface area contributed by atoms with Crippen molar-refractivity contribution in [1.82, 2.24) is 0 Å². The molecule has 1 atom stereocenters. The van der Waals surface area contributed by atoms with Gasteiger partial charge in [-0.3, -0.25) is 0 Å². The summed E-state index contributed by atoms with van der Waals surface area (Å²) in [6, 6.07) is 1.30. The summed E-state index contributed by atoms with van der Waals surface area (Å²) >= 11 is 0. The first-order valence-corrected chi connectivity index (χ1v) is 5.92. The largest absolute Gasteiger partial charge is 0.0759 e. The van der Waals surface area contributed by atoms with Crippen molar-refractivity contribution in [2.24, 2.45) is 5.92 Å². The zero-order valence-electron chi connectivity index (χ0n) is 8.78. The van der Waals surface area contributed by atoms with E-state index < -0.39 is 0 Å². The van der Waals surface area contributed by atoms with Gasteiger partial charge in [-0.1, -0.05) is 36.2 Å². The summed E-state index contributed by atoms with van der Waals surface area (Å²) in [4.78, 5) is 0. The highest BCUT2D eigenvalue weighted by atomic mass is 28.2. The number of rotatable bonds is 2. The van der Waals surface area contributed by atoms with E-state index in [1.54, 1.807) is 21.9 Å². The molecule has 0 N–H and O–H groups in total. The highest BCUT2D eigenvalue weighted by molar-refractivity contribution is 6.46. The Morgan fingerprint density at radius 3 is 2.08 bits per heavy atom. The summed E-state index contributed by atoms with van der Waals surface area (Å²) in [5.41, 5.74) is 4.70. The molecule has 1 aliphatic carbocycles. The zero-order chi connectivity index (χ0) is 9.30. The maximum atomic E-state index is 2.34. The van der Waals surface area contributed by atoms with E-state index in [9.17, 15) is 0 Å². The van der Waals surface area contributed by atoms with E-state index in [0.29, 0.717) is 0 Å². The van der Waals surface area contributed by atoms with Gasteiger partial charge in [0.05, 0.1) is 9.52 Å². The van der Waals surface area contributed by atoms with Gasteiger partial charge in [-0.2, -0.15) is 0 Å². The molecule has 0 aromatic carbocycles. The van der Waals surface area contributed by atoms with Crippen molar-refractivity contribution in [2.75, 3.05) is 0 Å². The van der Waals surface area contributed by atoms with Gasteiger partial charge in [-0.15, -0.1) is 0 Å². The Bertz CT molecular complexity index is 246. The molecule has 1 heteroatoms. The van der Waals surface area contributed by atoms with Crippen LogP contribution in [0, 0.1) is 5.92 Å². The molecule has 1 unspecified atom stereocenters. The van der Waals surface area contributed by atoms with Gasteiger partial charge < -0.3 is 0 Å². The summed E-state index contributed by atoms with van der Waals surface area (Å²) in [6.07, 6.45) is 0. The average molecular weight is 178 g/mol. The maximum absolute atomic E-state index is 2.34. The molecule has 2 radical (unpaired) electrons. The third kappa shape index (κ3) is 1.42. The quantitative estimate of drug-likeness (QED) is 0.569. The molecule has 12 heavy (non-hydrogen) atoms. The van der Waals surface area contributed by atoms with Crippen LogP contribution in [-0.4, -0.2) is 9.52 Å². The standard InChI is InChI=1S/C11H18Si/c1-6-12-11-9(4)7(2)8(3)10(11)5/h9H,6H2,1-5H3. The smallest absolute Gasteiger partial charge is 0.0754 e. The molecule has 0 spiro atoms. The fourth-order valence-electron chi connectivity index (χ4n) is 1.84. The van der Waals surface area contributed by atoms with Crippen molar-refractivity contribution in [2.45, 2.75) is 40.7 Å². The minimum Gasteiger partial charge on any atom is -0.0754 e. The minimum atomic E-state index is 0.725. The molecule has 0 aliphatic heterocycles. The molecule has 0 saturated carbocycles. The van der Waals surface area contributed by atoms with E-state index in [4.69, 9.17) is 0 Å². The highest BCUT2D eigenvalue weighted by Crippen LogP contribution is 2.35. The molecule has 0 aromatic heterocycles. The Morgan fingerprint density at radius 1 is 1.17 bits per heavy atom. The van der Waals surface area contributed by atoms with Crippen LogP contribution in [0.3, 0.4) is 0 Å². The summed E-state index contributed by atoms with van der Waals surface area (Å²) in [7, 11) is 1.04. The van der Waals surface area contributed by atoms with Crippen LogP contribution in [0.2, 0.25) is 6.04 Å². The topological polar surface area (TPSA) is 0 Å². The van der Waals surface area contributed by atoms with Crippen LogP contribution in [0.5, 0.6) is 0 Å². The second-order valence-corrected chi connectivity index (χ2v) is 5.20. The van der Waals surface area contributed by atoms with Gasteiger partial charge in [0.2, 0.25) is 0 Å². The third-order valence-corrected chi connectivity index (χ3v) is 4.55. The van der Waals surface area contributed by atoms with Gasteiger partial charge >= 0.3 is 0 Å². The molecule has 0 fully saturated rings. The molecule has 0 saturated heterocycles. The summed E-state index contributed by atoms with van der Waals surface area (Å²) < 4.78 is 0. The van der Waals surface area contributed by atoms with Crippen molar-refractivity contribution in [3.05, 3.63) is 21.9 Å². The van der Waals surface area contributed by atoms with Crippen LogP contribution < -0.4 is 0 Å². The van der Waals surface area contributed by atoms with E-state index in [0.717, 1.165) is 15.4 Å². The second-order valence-electron chi connectivity index (χ2n) is 3.60. The Hall–Kier alpha value is -0.303. The van der Waals surface area contributed by atoms with Crippen LogP contribution in [0.25, 0.3) is 0 Å². The fraction of sp³-hybridized carbons (Fsp3) is 0.636. The normalized spacial score (nSPS) is 24.2. The lowest BCUT2D eigenvalue weighted by Gasteiger charge is -2.10. The Morgan fingerprint density at radius 2 is 1.75 bits per heavy atom. The SMILES string of the molecule is CC[Si]C1=C(C)C(C)=C(C)C1C. The first-order chi connectivity index (χ1) is 5.59. The van der Waals surface area contributed by atoms with Gasteiger partial charge in [0.15, 0.2) is 0 Å². The molecule has 1 aliphatic rings. The Labute approximate surface area is 78.6 Å². The van der Waals surface area contributed by atoms with Gasteiger partial charge in [0, 0.05) is 0 Å². The molecule has 66 valence electrons. The van der Waals surface area contributed by atoms with Crippen molar-refractivity contribution < 1.29 is 0 Å². The van der Waals surface area contributed by atoms with Crippen LogP contribution in [0.4, 0.5) is 0 Å². The lowest BCUT2D eigenvalue weighted by atomic mass is 10.1. The predicted molar refractivity (Wildman–Crippen MR) is 56.5 cm³/mol. The maximum Gasteiger partial charge on any atom is 0.0759 e. The van der Waals surface area contributed by atoms with E-state index in [2.05, 4.69) is 34.6 Å². The second kappa shape index (κ2) is 3.61. The number of hydrogen-bond acceptors (Lipinski definition) is 0. The van der Waals surface area contributed by atoms with Crippen LogP contribution in [0.15, 0.2) is 21.9 Å². The lowest BCUT2D eigenvalue weighted by Crippen LogP contribution is -2.04. The minimum absolute atomic E-state index is 0.725. The summed E-state index contributed by atoms with van der Waals surface area (Å²) in [5.74, 6) is 0.725. The predicted octanol–water partition coefficient (Wildman–Crippen LogP) is 3.39. The van der Waals surface area contributed by atoms with Gasteiger partial charge in [0.1, 0.15) is 0 Å². The van der Waals surface area contributed by atoms with Crippen molar-refractivity contribution in [3.8, 4) is 0 Å². The monoisotopic (exact) mass is 178 g/mol. The van der Waals surface area contributed by atoms with Crippen molar-refractivity contribution in [3.63, 3.8) is 0 Å². The first-order valence-electron chi connectivity index (χ1n) is 4.72. The molecule has 0 nitrogen and oxygen atoms in total. The summed E-state index contributed by atoms with van der Waals surface area (Å²) in [6.45, 7) is 11.4. The van der Waals surface area contributed by atoms with Gasteiger partial charge in [-0.05, 0) is 32.3 Å². The molecular weight excluding hydrogens is 160 g/mol. The lowest BCUT2D eigenvalue weighted by molar-refractivity contribution is 0.854. The van der Waals surface area contributed by atoms with E-state index in [-0.39, 0.29) is 0 Å². The van der Waals surface area contributed by atoms with E-state index in [1.807, 2.05) is 0 Å². The Kier molecular flexibility index (Phi) is 2.94. The van der Waals surface area contributed by atoms with Gasteiger partial charge in [0.25, 0.3) is 0 Å². The first kappa shape index (κ1) is 9.78. The third-order valence-electron chi connectivity index (χ3n) is 3.01. The summed E-state index contributed by atoms with van der Waals surface area (Å²) in [5, 5.41) is 1.70. The molecule has 0 bridgehead atoms. The van der Waals surface area contributed by atoms with E-state index >= 15 is 0 Å².